The molecule has 1 aliphatic rings. The number of hydrogen-bond donors (Lipinski definition) is 2. The second-order valence-electron chi connectivity index (χ2n) is 5.66. The Morgan fingerprint density at radius 3 is 2.80 bits per heavy atom. The Bertz CT molecular complexity index is 438. The van der Waals surface area contributed by atoms with Crippen LogP contribution in [0.15, 0.2) is 18.3 Å². The molecule has 0 aromatic carbocycles. The number of carbonyl (C=O) groups excluding carboxylic acids is 1. The molecule has 1 aromatic rings. The highest BCUT2D eigenvalue weighted by Crippen LogP contribution is 2.17. The highest BCUT2D eigenvalue weighted by molar-refractivity contribution is 5.92. The summed E-state index contributed by atoms with van der Waals surface area (Å²) in [6, 6.07) is 4.51. The molecule has 3 N–H and O–H groups in total. The number of aromatic nitrogens is 1. The molecule has 1 atom stereocenters. The third-order valence-corrected chi connectivity index (χ3v) is 3.78. The summed E-state index contributed by atoms with van der Waals surface area (Å²) in [5.41, 5.74) is 5.70. The zero-order chi connectivity index (χ0) is 14.5. The predicted molar refractivity (Wildman–Crippen MR) is 80.9 cm³/mol. The number of amides is 1. The summed E-state index contributed by atoms with van der Waals surface area (Å²) in [5.74, 6) is 0.464. The minimum absolute atomic E-state index is 0.366. The third-order valence-electron chi connectivity index (χ3n) is 3.78. The topological polar surface area (TPSA) is 71.2 Å². The zero-order valence-corrected chi connectivity index (χ0v) is 12.3. The number of nitrogens with one attached hydrogen (secondary N) is 1. The van der Waals surface area contributed by atoms with Gasteiger partial charge < -0.3 is 16.0 Å². The van der Waals surface area contributed by atoms with E-state index >= 15 is 0 Å². The van der Waals surface area contributed by atoms with E-state index in [1.54, 1.807) is 12.3 Å². The van der Waals surface area contributed by atoms with Gasteiger partial charge in [0.25, 0.3) is 0 Å². The maximum atomic E-state index is 11.1. The lowest BCUT2D eigenvalue weighted by molar-refractivity contribution is 0.1000. The summed E-state index contributed by atoms with van der Waals surface area (Å²) in [6.45, 7) is 6.37. The summed E-state index contributed by atoms with van der Waals surface area (Å²) in [7, 11) is 0. The number of nitrogens with zero attached hydrogens (tertiary/aromatic N) is 2. The van der Waals surface area contributed by atoms with Crippen molar-refractivity contribution in [3.8, 4) is 0 Å². The van der Waals surface area contributed by atoms with Crippen molar-refractivity contribution in [3.63, 3.8) is 0 Å². The predicted octanol–water partition coefficient (Wildman–Crippen LogP) is 1.54. The lowest BCUT2D eigenvalue weighted by atomic mass is 10.0. The monoisotopic (exact) mass is 276 g/mol. The molecule has 110 valence electrons. The molecule has 2 heterocycles. The molecule has 1 saturated heterocycles. The number of hydrogen-bond acceptors (Lipinski definition) is 4. The van der Waals surface area contributed by atoms with Gasteiger partial charge in [0, 0.05) is 24.8 Å². The van der Waals surface area contributed by atoms with Crippen LogP contribution in [0.2, 0.25) is 0 Å². The van der Waals surface area contributed by atoms with Crippen molar-refractivity contribution >= 4 is 11.7 Å². The molecule has 1 fully saturated rings. The highest BCUT2D eigenvalue weighted by atomic mass is 16.1. The van der Waals surface area contributed by atoms with Gasteiger partial charge in [0.05, 0.1) is 5.56 Å². The lowest BCUT2D eigenvalue weighted by Gasteiger charge is -2.34. The van der Waals surface area contributed by atoms with E-state index in [4.69, 9.17) is 5.73 Å². The van der Waals surface area contributed by atoms with Crippen molar-refractivity contribution in [2.45, 2.75) is 45.2 Å². The average Bonchev–Trinajstić information content (AvgIpc) is 2.45. The van der Waals surface area contributed by atoms with Crippen LogP contribution in [0.4, 0.5) is 5.82 Å². The summed E-state index contributed by atoms with van der Waals surface area (Å²) in [5, 5.41) is 3.56. The molecule has 5 heteroatoms. The van der Waals surface area contributed by atoms with E-state index < -0.39 is 5.91 Å². The fraction of sp³-hybridized carbons (Fsp3) is 0.600. The van der Waals surface area contributed by atoms with Gasteiger partial charge >= 0.3 is 0 Å². The lowest BCUT2D eigenvalue weighted by Crippen LogP contribution is -2.46. The SMILES string of the molecule is CC(C)N(CC1CCCCN1)c1ccc(C(N)=O)cn1. The Morgan fingerprint density at radius 2 is 2.30 bits per heavy atom. The van der Waals surface area contributed by atoms with Gasteiger partial charge in [-0.1, -0.05) is 6.42 Å². The Kier molecular flexibility index (Phi) is 4.95. The molecular weight excluding hydrogens is 252 g/mol. The number of primary amides is 1. The largest absolute Gasteiger partial charge is 0.366 e. The van der Waals surface area contributed by atoms with Gasteiger partial charge in [0.15, 0.2) is 0 Å². The summed E-state index contributed by atoms with van der Waals surface area (Å²) >= 11 is 0. The van der Waals surface area contributed by atoms with Crippen molar-refractivity contribution in [2.24, 2.45) is 5.73 Å². The molecule has 0 bridgehead atoms. The van der Waals surface area contributed by atoms with Crippen molar-refractivity contribution in [3.05, 3.63) is 23.9 Å². The van der Waals surface area contributed by atoms with Crippen LogP contribution in [-0.2, 0) is 0 Å². The Labute approximate surface area is 120 Å². The summed E-state index contributed by atoms with van der Waals surface area (Å²) < 4.78 is 0. The molecule has 1 amide bonds. The molecule has 1 aromatic heterocycles. The number of rotatable bonds is 5. The second kappa shape index (κ2) is 6.70. The van der Waals surface area contributed by atoms with Gasteiger partial charge in [0.2, 0.25) is 5.91 Å². The Balaban J connectivity index is 2.09. The molecule has 20 heavy (non-hydrogen) atoms. The van der Waals surface area contributed by atoms with Crippen molar-refractivity contribution < 1.29 is 4.79 Å². The standard InChI is InChI=1S/C15H24N4O/c1-11(2)19(10-13-5-3-4-8-17-13)14-7-6-12(9-18-14)15(16)20/h6-7,9,11,13,17H,3-5,8,10H2,1-2H3,(H2,16,20). The van der Waals surface area contributed by atoms with Gasteiger partial charge in [-0.15, -0.1) is 0 Å². The van der Waals surface area contributed by atoms with E-state index in [0.717, 1.165) is 18.9 Å². The molecule has 5 nitrogen and oxygen atoms in total. The number of anilines is 1. The second-order valence-corrected chi connectivity index (χ2v) is 5.66. The van der Waals surface area contributed by atoms with Gasteiger partial charge in [-0.05, 0) is 45.4 Å². The zero-order valence-electron chi connectivity index (χ0n) is 12.3. The van der Waals surface area contributed by atoms with E-state index in [0.29, 0.717) is 17.6 Å². The smallest absolute Gasteiger partial charge is 0.250 e. The molecule has 1 aliphatic heterocycles. The Hall–Kier alpha value is -1.62. The van der Waals surface area contributed by atoms with E-state index in [1.807, 2.05) is 6.07 Å². The maximum absolute atomic E-state index is 11.1. The molecule has 0 aliphatic carbocycles. The first kappa shape index (κ1) is 14.8. The Morgan fingerprint density at radius 1 is 1.50 bits per heavy atom. The molecular formula is C15H24N4O. The van der Waals surface area contributed by atoms with Crippen LogP contribution in [0.1, 0.15) is 43.5 Å². The van der Waals surface area contributed by atoms with Gasteiger partial charge in [0.1, 0.15) is 5.82 Å². The minimum Gasteiger partial charge on any atom is -0.366 e. The number of pyridine rings is 1. The van der Waals surface area contributed by atoms with Crippen LogP contribution in [0, 0.1) is 0 Å². The van der Waals surface area contributed by atoms with Gasteiger partial charge in [-0.3, -0.25) is 4.79 Å². The molecule has 0 radical (unpaired) electrons. The highest BCUT2D eigenvalue weighted by Gasteiger charge is 2.19. The third kappa shape index (κ3) is 3.70. The maximum Gasteiger partial charge on any atom is 0.250 e. The first-order valence-electron chi connectivity index (χ1n) is 7.34. The normalized spacial score (nSPS) is 19.1. The van der Waals surface area contributed by atoms with E-state index in [2.05, 4.69) is 29.0 Å². The van der Waals surface area contributed by atoms with Crippen LogP contribution in [0.5, 0.6) is 0 Å². The summed E-state index contributed by atoms with van der Waals surface area (Å²) in [6.07, 6.45) is 5.32. The fourth-order valence-electron chi connectivity index (χ4n) is 2.59. The van der Waals surface area contributed by atoms with Crippen LogP contribution in [0.25, 0.3) is 0 Å². The van der Waals surface area contributed by atoms with Crippen molar-refractivity contribution in [1.82, 2.24) is 10.3 Å². The fourth-order valence-corrected chi connectivity index (χ4v) is 2.59. The van der Waals surface area contributed by atoms with Crippen LogP contribution in [0.3, 0.4) is 0 Å². The van der Waals surface area contributed by atoms with Crippen LogP contribution < -0.4 is 16.0 Å². The quantitative estimate of drug-likeness (QED) is 0.855. The summed E-state index contributed by atoms with van der Waals surface area (Å²) in [4.78, 5) is 17.7. The van der Waals surface area contributed by atoms with Crippen molar-refractivity contribution in [2.75, 3.05) is 18.0 Å². The van der Waals surface area contributed by atoms with E-state index in [-0.39, 0.29) is 0 Å². The molecule has 2 rings (SSSR count). The first-order valence-corrected chi connectivity index (χ1v) is 7.34. The van der Waals surface area contributed by atoms with E-state index in [9.17, 15) is 4.79 Å². The van der Waals surface area contributed by atoms with Gasteiger partial charge in [-0.25, -0.2) is 4.98 Å². The number of carbonyl (C=O) groups is 1. The number of piperidine rings is 1. The minimum atomic E-state index is -0.436. The van der Waals surface area contributed by atoms with Crippen LogP contribution in [-0.4, -0.2) is 36.1 Å². The van der Waals surface area contributed by atoms with Crippen molar-refractivity contribution in [1.29, 1.82) is 0 Å². The molecule has 0 saturated carbocycles. The average molecular weight is 276 g/mol. The molecule has 1 unspecified atom stereocenters. The molecule has 0 spiro atoms. The van der Waals surface area contributed by atoms with Gasteiger partial charge in [-0.2, -0.15) is 0 Å². The van der Waals surface area contributed by atoms with E-state index in [1.165, 1.54) is 19.3 Å². The number of nitrogens with two attached hydrogens (primary N) is 1. The first-order chi connectivity index (χ1) is 9.58. The van der Waals surface area contributed by atoms with Crippen LogP contribution >= 0.6 is 0 Å².